The van der Waals surface area contributed by atoms with Crippen LogP contribution < -0.4 is 16.2 Å². The van der Waals surface area contributed by atoms with Crippen LogP contribution in [0.15, 0.2) is 42.5 Å². The highest BCUT2D eigenvalue weighted by molar-refractivity contribution is 7.80. The minimum atomic E-state index is -0.349. The van der Waals surface area contributed by atoms with Crippen LogP contribution in [0, 0.1) is 6.92 Å². The van der Waals surface area contributed by atoms with Gasteiger partial charge in [-0.15, -0.1) is 11.3 Å². The third-order valence-electron chi connectivity index (χ3n) is 3.55. The fourth-order valence-corrected chi connectivity index (χ4v) is 3.97. The summed E-state index contributed by atoms with van der Waals surface area (Å²) in [4.78, 5) is 12.8. The van der Waals surface area contributed by atoms with Gasteiger partial charge in [-0.05, 0) is 42.9 Å². The second kappa shape index (κ2) is 7.58. The van der Waals surface area contributed by atoms with Crippen LogP contribution >= 0.6 is 46.8 Å². The van der Waals surface area contributed by atoms with Gasteiger partial charge in [0.05, 0.1) is 5.02 Å². The lowest BCUT2D eigenvalue weighted by Gasteiger charge is -2.13. The number of benzene rings is 2. The van der Waals surface area contributed by atoms with Crippen LogP contribution in [0.2, 0.25) is 10.0 Å². The lowest BCUT2D eigenvalue weighted by atomic mass is 10.2. The maximum Gasteiger partial charge on any atom is 0.281 e. The number of hydrazine groups is 1. The molecule has 0 aliphatic heterocycles. The van der Waals surface area contributed by atoms with Gasteiger partial charge in [0.2, 0.25) is 0 Å². The lowest BCUT2D eigenvalue weighted by molar-refractivity contribution is 0.0948. The third kappa shape index (κ3) is 3.88. The summed E-state index contributed by atoms with van der Waals surface area (Å²) in [6.45, 7) is 1.88. The van der Waals surface area contributed by atoms with Gasteiger partial charge in [0.25, 0.3) is 5.91 Å². The van der Waals surface area contributed by atoms with Crippen molar-refractivity contribution in [2.24, 2.45) is 0 Å². The number of hydrogen-bond donors (Lipinski definition) is 3. The Morgan fingerprint density at radius 1 is 1.08 bits per heavy atom. The summed E-state index contributed by atoms with van der Waals surface area (Å²) in [5, 5.41) is 5.16. The van der Waals surface area contributed by atoms with Crippen molar-refractivity contribution in [3.8, 4) is 0 Å². The first-order valence-corrected chi connectivity index (χ1v) is 9.25. The Morgan fingerprint density at radius 3 is 2.60 bits per heavy atom. The van der Waals surface area contributed by atoms with Gasteiger partial charge in [-0.25, -0.2) is 0 Å². The molecule has 0 bridgehead atoms. The molecular weight excluding hydrogens is 397 g/mol. The molecule has 0 aliphatic carbocycles. The number of hydrogen-bond acceptors (Lipinski definition) is 3. The zero-order valence-electron chi connectivity index (χ0n) is 13.0. The Bertz CT molecular complexity index is 972. The van der Waals surface area contributed by atoms with E-state index >= 15 is 0 Å². The summed E-state index contributed by atoms with van der Waals surface area (Å²) >= 11 is 18.9. The van der Waals surface area contributed by atoms with Crippen LogP contribution in [-0.2, 0) is 0 Å². The molecule has 0 unspecified atom stereocenters. The van der Waals surface area contributed by atoms with Crippen LogP contribution in [-0.4, -0.2) is 11.0 Å². The summed E-state index contributed by atoms with van der Waals surface area (Å²) < 4.78 is 0.952. The molecule has 8 heteroatoms. The van der Waals surface area contributed by atoms with E-state index in [9.17, 15) is 4.79 Å². The van der Waals surface area contributed by atoms with E-state index in [2.05, 4.69) is 16.2 Å². The zero-order chi connectivity index (χ0) is 18.0. The first-order chi connectivity index (χ1) is 12.0. The summed E-state index contributed by atoms with van der Waals surface area (Å²) in [5.74, 6) is -0.349. The minimum absolute atomic E-state index is 0.246. The number of rotatable bonds is 2. The molecule has 1 amide bonds. The highest BCUT2D eigenvalue weighted by Crippen LogP contribution is 2.34. The topological polar surface area (TPSA) is 53.2 Å². The number of amides is 1. The number of anilines is 1. The summed E-state index contributed by atoms with van der Waals surface area (Å²) in [5.41, 5.74) is 6.86. The molecule has 0 saturated carbocycles. The number of thiophene rings is 1. The molecule has 0 atom stereocenters. The SMILES string of the molecule is Cc1c(Cl)cccc1NC(=S)NNC(=O)c1sc2ccccc2c1Cl. The fraction of sp³-hybridized carbons (Fsp3) is 0.0588. The number of nitrogens with one attached hydrogen (secondary N) is 3. The Morgan fingerprint density at radius 2 is 1.84 bits per heavy atom. The molecule has 128 valence electrons. The van der Waals surface area contributed by atoms with Crippen LogP contribution in [0.1, 0.15) is 15.2 Å². The van der Waals surface area contributed by atoms with Gasteiger partial charge in [-0.1, -0.05) is 47.5 Å². The van der Waals surface area contributed by atoms with Crippen molar-refractivity contribution in [3.05, 3.63) is 63.0 Å². The summed E-state index contributed by atoms with van der Waals surface area (Å²) in [6, 6.07) is 13.0. The molecule has 1 heterocycles. The predicted molar refractivity (Wildman–Crippen MR) is 110 cm³/mol. The third-order valence-corrected chi connectivity index (χ3v) is 5.83. The van der Waals surface area contributed by atoms with Gasteiger partial charge in [0.1, 0.15) is 4.88 Å². The average Bonchev–Trinajstić information content (AvgIpc) is 2.94. The van der Waals surface area contributed by atoms with Crippen LogP contribution in [0.3, 0.4) is 0 Å². The Kier molecular flexibility index (Phi) is 5.44. The maximum atomic E-state index is 12.4. The second-order valence-corrected chi connectivity index (χ2v) is 7.43. The predicted octanol–water partition coefficient (Wildman–Crippen LogP) is 5.15. The van der Waals surface area contributed by atoms with Crippen LogP contribution in [0.5, 0.6) is 0 Å². The van der Waals surface area contributed by atoms with E-state index in [0.717, 1.165) is 21.3 Å². The Balaban J connectivity index is 1.66. The van der Waals surface area contributed by atoms with Gasteiger partial charge in [0, 0.05) is 20.8 Å². The van der Waals surface area contributed by atoms with E-state index < -0.39 is 0 Å². The van der Waals surface area contributed by atoms with Crippen molar-refractivity contribution in [3.63, 3.8) is 0 Å². The summed E-state index contributed by atoms with van der Waals surface area (Å²) in [7, 11) is 0. The van der Waals surface area contributed by atoms with Gasteiger partial charge in [-0.2, -0.15) is 0 Å². The Labute approximate surface area is 164 Å². The molecule has 0 fully saturated rings. The number of halogens is 2. The van der Waals surface area contributed by atoms with E-state index in [1.165, 1.54) is 11.3 Å². The van der Waals surface area contributed by atoms with Gasteiger partial charge in [-0.3, -0.25) is 15.6 Å². The van der Waals surface area contributed by atoms with Crippen molar-refractivity contribution in [2.45, 2.75) is 6.92 Å². The normalized spacial score (nSPS) is 10.5. The largest absolute Gasteiger partial charge is 0.331 e. The molecule has 2 aromatic carbocycles. The smallest absolute Gasteiger partial charge is 0.281 e. The number of thiocarbonyl (C=S) groups is 1. The molecule has 1 aromatic heterocycles. The van der Waals surface area contributed by atoms with Crippen molar-refractivity contribution >= 4 is 73.5 Å². The van der Waals surface area contributed by atoms with Gasteiger partial charge < -0.3 is 5.32 Å². The average molecular weight is 410 g/mol. The molecule has 3 rings (SSSR count). The quantitative estimate of drug-likeness (QED) is 0.404. The molecule has 0 aliphatic rings. The number of carbonyl (C=O) groups excluding carboxylic acids is 1. The van der Waals surface area contributed by atoms with Crippen molar-refractivity contribution in [1.29, 1.82) is 0 Å². The van der Waals surface area contributed by atoms with Gasteiger partial charge >= 0.3 is 0 Å². The van der Waals surface area contributed by atoms with Crippen LogP contribution in [0.4, 0.5) is 5.69 Å². The fourth-order valence-electron chi connectivity index (χ4n) is 2.23. The van der Waals surface area contributed by atoms with Crippen molar-refractivity contribution in [1.82, 2.24) is 10.9 Å². The highest BCUT2D eigenvalue weighted by Gasteiger charge is 2.17. The monoisotopic (exact) mass is 409 g/mol. The van der Waals surface area contributed by atoms with E-state index in [1.54, 1.807) is 6.07 Å². The van der Waals surface area contributed by atoms with E-state index in [-0.39, 0.29) is 11.0 Å². The standard InChI is InChI=1S/C17H13Cl2N3OS2/c1-9-11(18)6-4-7-12(9)20-17(24)22-21-16(23)15-14(19)10-5-2-3-8-13(10)25-15/h2-8H,1H3,(H,21,23)(H2,20,22,24). The molecule has 3 N–H and O–H groups in total. The van der Waals surface area contributed by atoms with Crippen molar-refractivity contribution in [2.75, 3.05) is 5.32 Å². The van der Waals surface area contributed by atoms with E-state index in [0.29, 0.717) is 14.9 Å². The maximum absolute atomic E-state index is 12.4. The van der Waals surface area contributed by atoms with Crippen LogP contribution in [0.25, 0.3) is 10.1 Å². The number of fused-ring (bicyclic) bond motifs is 1. The molecule has 4 nitrogen and oxygen atoms in total. The minimum Gasteiger partial charge on any atom is -0.331 e. The van der Waals surface area contributed by atoms with E-state index in [1.807, 2.05) is 43.3 Å². The molecule has 0 spiro atoms. The molecular formula is C17H13Cl2N3OS2. The first kappa shape index (κ1) is 17.9. The summed E-state index contributed by atoms with van der Waals surface area (Å²) in [6.07, 6.45) is 0. The molecule has 3 aromatic rings. The Hall–Kier alpha value is -1.86. The van der Waals surface area contributed by atoms with E-state index in [4.69, 9.17) is 35.4 Å². The number of carbonyl (C=O) groups is 1. The van der Waals surface area contributed by atoms with Crippen molar-refractivity contribution < 1.29 is 4.79 Å². The lowest BCUT2D eigenvalue weighted by Crippen LogP contribution is -2.43. The zero-order valence-corrected chi connectivity index (χ0v) is 16.2. The van der Waals surface area contributed by atoms with Gasteiger partial charge in [0.15, 0.2) is 5.11 Å². The molecule has 25 heavy (non-hydrogen) atoms. The first-order valence-electron chi connectivity index (χ1n) is 7.27. The molecule has 0 saturated heterocycles. The second-order valence-electron chi connectivity index (χ2n) is 5.19. The molecule has 0 radical (unpaired) electrons. The highest BCUT2D eigenvalue weighted by atomic mass is 35.5.